The summed E-state index contributed by atoms with van der Waals surface area (Å²) >= 11 is 0. The van der Waals surface area contributed by atoms with Crippen molar-refractivity contribution in [1.29, 1.82) is 0 Å². The van der Waals surface area contributed by atoms with E-state index in [1.54, 1.807) is 31.5 Å². The molecule has 1 unspecified atom stereocenters. The number of hydrogen-bond donors (Lipinski definition) is 1. The van der Waals surface area contributed by atoms with Crippen molar-refractivity contribution in [2.45, 2.75) is 12.5 Å². The summed E-state index contributed by atoms with van der Waals surface area (Å²) in [5, 5.41) is 3.07. The first-order chi connectivity index (χ1) is 14.8. The SMILES string of the molecule is COc1cccc(C(NC(=O)c2ccc3c(c2)CCN3S(C)(=O)=O)c2nccn2C)c1. The molecule has 0 radical (unpaired) electrons. The number of fused-ring (bicyclic) bond motifs is 1. The van der Waals surface area contributed by atoms with Crippen LogP contribution in [0.15, 0.2) is 54.9 Å². The van der Waals surface area contributed by atoms with Gasteiger partial charge in [-0.05, 0) is 47.9 Å². The average Bonchev–Trinajstić information content (AvgIpc) is 3.37. The number of methoxy groups -OCH3 is 1. The lowest BCUT2D eigenvalue weighted by Gasteiger charge is -2.20. The lowest BCUT2D eigenvalue weighted by Crippen LogP contribution is -2.31. The van der Waals surface area contributed by atoms with Crippen molar-refractivity contribution in [3.63, 3.8) is 0 Å². The number of rotatable bonds is 6. The second-order valence-electron chi connectivity index (χ2n) is 7.51. The molecule has 2 heterocycles. The first-order valence-electron chi connectivity index (χ1n) is 9.80. The molecule has 2 aromatic carbocycles. The third-order valence-corrected chi connectivity index (χ3v) is 6.59. The molecular formula is C22H24N4O4S. The van der Waals surface area contributed by atoms with Gasteiger partial charge in [-0.25, -0.2) is 13.4 Å². The molecule has 4 rings (SSSR count). The van der Waals surface area contributed by atoms with E-state index in [0.717, 1.165) is 11.1 Å². The fourth-order valence-corrected chi connectivity index (χ4v) is 4.80. The normalized spacial score (nSPS) is 14.2. The van der Waals surface area contributed by atoms with Crippen molar-refractivity contribution in [2.75, 3.05) is 24.2 Å². The van der Waals surface area contributed by atoms with Gasteiger partial charge in [-0.1, -0.05) is 12.1 Å². The standard InChI is InChI=1S/C22H24N4O4S/c1-25-12-10-23-21(25)20(16-5-4-6-18(14-16)30-2)24-22(27)17-7-8-19-15(13-17)9-11-26(19)31(3,28)29/h4-8,10,12-14,20H,9,11H2,1-3H3,(H,24,27). The van der Waals surface area contributed by atoms with Gasteiger partial charge >= 0.3 is 0 Å². The van der Waals surface area contributed by atoms with Crippen LogP contribution in [-0.4, -0.2) is 43.8 Å². The predicted molar refractivity (Wildman–Crippen MR) is 118 cm³/mol. The first-order valence-corrected chi connectivity index (χ1v) is 11.7. The van der Waals surface area contributed by atoms with Crippen LogP contribution in [0.25, 0.3) is 0 Å². The zero-order valence-corrected chi connectivity index (χ0v) is 18.4. The van der Waals surface area contributed by atoms with E-state index in [1.165, 1.54) is 10.6 Å². The number of amides is 1. The van der Waals surface area contributed by atoms with Gasteiger partial charge in [0.1, 0.15) is 17.6 Å². The Morgan fingerprint density at radius 1 is 1.23 bits per heavy atom. The number of aromatic nitrogens is 2. The van der Waals surface area contributed by atoms with Crippen LogP contribution in [0.4, 0.5) is 5.69 Å². The quantitative estimate of drug-likeness (QED) is 0.635. The van der Waals surface area contributed by atoms with E-state index in [1.807, 2.05) is 42.1 Å². The average molecular weight is 441 g/mol. The summed E-state index contributed by atoms with van der Waals surface area (Å²) in [5.74, 6) is 1.10. The van der Waals surface area contributed by atoms with Gasteiger partial charge in [0.25, 0.3) is 5.91 Å². The molecule has 1 N–H and O–H groups in total. The molecule has 1 atom stereocenters. The second-order valence-corrected chi connectivity index (χ2v) is 9.41. The summed E-state index contributed by atoms with van der Waals surface area (Å²) in [6, 6.07) is 12.1. The number of ether oxygens (including phenoxy) is 1. The Bertz CT molecular complexity index is 1240. The number of carbonyl (C=O) groups is 1. The van der Waals surface area contributed by atoms with Crippen LogP contribution < -0.4 is 14.4 Å². The summed E-state index contributed by atoms with van der Waals surface area (Å²) in [6.07, 6.45) is 5.27. The maximum atomic E-state index is 13.2. The van der Waals surface area contributed by atoms with Crippen molar-refractivity contribution in [3.05, 3.63) is 77.4 Å². The van der Waals surface area contributed by atoms with E-state index in [2.05, 4.69) is 10.3 Å². The highest BCUT2D eigenvalue weighted by Crippen LogP contribution is 2.31. The maximum Gasteiger partial charge on any atom is 0.252 e. The monoisotopic (exact) mass is 440 g/mol. The van der Waals surface area contributed by atoms with Gasteiger partial charge in [-0.3, -0.25) is 9.10 Å². The minimum Gasteiger partial charge on any atom is -0.497 e. The molecule has 0 saturated heterocycles. The van der Waals surface area contributed by atoms with Gasteiger partial charge < -0.3 is 14.6 Å². The van der Waals surface area contributed by atoms with E-state index in [-0.39, 0.29) is 5.91 Å². The molecule has 1 aliphatic rings. The Morgan fingerprint density at radius 3 is 2.71 bits per heavy atom. The van der Waals surface area contributed by atoms with Crippen molar-refractivity contribution < 1.29 is 17.9 Å². The number of carbonyl (C=O) groups excluding carboxylic acids is 1. The highest BCUT2D eigenvalue weighted by Gasteiger charge is 2.28. The summed E-state index contributed by atoms with van der Waals surface area (Å²) in [7, 11) is 0.132. The van der Waals surface area contributed by atoms with Gasteiger partial charge in [0.15, 0.2) is 0 Å². The fourth-order valence-electron chi connectivity index (χ4n) is 3.84. The van der Waals surface area contributed by atoms with Crippen LogP contribution >= 0.6 is 0 Å². The van der Waals surface area contributed by atoms with Crippen molar-refractivity contribution in [2.24, 2.45) is 7.05 Å². The number of imidazole rings is 1. The van der Waals surface area contributed by atoms with Crippen LogP contribution in [0, 0.1) is 0 Å². The molecule has 1 amide bonds. The molecule has 0 saturated carbocycles. The van der Waals surface area contributed by atoms with Crippen molar-refractivity contribution in [3.8, 4) is 5.75 Å². The third-order valence-electron chi connectivity index (χ3n) is 5.41. The van der Waals surface area contributed by atoms with Gasteiger partial charge in [0, 0.05) is 31.5 Å². The lowest BCUT2D eigenvalue weighted by atomic mass is 10.0. The highest BCUT2D eigenvalue weighted by molar-refractivity contribution is 7.92. The van der Waals surface area contributed by atoms with Crippen molar-refractivity contribution >= 4 is 21.6 Å². The van der Waals surface area contributed by atoms with E-state index in [4.69, 9.17) is 4.74 Å². The molecule has 162 valence electrons. The summed E-state index contributed by atoms with van der Waals surface area (Å²) in [6.45, 7) is 0.388. The largest absolute Gasteiger partial charge is 0.497 e. The van der Waals surface area contributed by atoms with Crippen molar-refractivity contribution in [1.82, 2.24) is 14.9 Å². The smallest absolute Gasteiger partial charge is 0.252 e. The van der Waals surface area contributed by atoms with Gasteiger partial charge in [0.05, 0.1) is 19.1 Å². The molecule has 8 nitrogen and oxygen atoms in total. The minimum absolute atomic E-state index is 0.267. The molecule has 0 bridgehead atoms. The number of hydrogen-bond acceptors (Lipinski definition) is 5. The van der Waals surface area contributed by atoms with E-state index < -0.39 is 16.1 Å². The summed E-state index contributed by atoms with van der Waals surface area (Å²) in [4.78, 5) is 17.6. The van der Waals surface area contributed by atoms with Crippen LogP contribution in [0.5, 0.6) is 5.75 Å². The van der Waals surface area contributed by atoms with Gasteiger partial charge in [-0.2, -0.15) is 0 Å². The van der Waals surface area contributed by atoms with E-state index in [9.17, 15) is 13.2 Å². The van der Waals surface area contributed by atoms with Gasteiger partial charge in [-0.15, -0.1) is 0 Å². The number of benzene rings is 2. The van der Waals surface area contributed by atoms with E-state index in [0.29, 0.717) is 35.8 Å². The maximum absolute atomic E-state index is 13.2. The van der Waals surface area contributed by atoms with Crippen LogP contribution in [0.3, 0.4) is 0 Å². The Labute approximate surface area is 181 Å². The Morgan fingerprint density at radius 2 is 2.03 bits per heavy atom. The molecule has 0 fully saturated rings. The molecule has 3 aromatic rings. The van der Waals surface area contributed by atoms with Gasteiger partial charge in [0.2, 0.25) is 10.0 Å². The van der Waals surface area contributed by atoms with Crippen LogP contribution in [0.1, 0.15) is 33.4 Å². The Kier molecular flexibility index (Phi) is 5.45. The fraction of sp³-hybridized carbons (Fsp3) is 0.273. The highest BCUT2D eigenvalue weighted by atomic mass is 32.2. The predicted octanol–water partition coefficient (Wildman–Crippen LogP) is 2.27. The van der Waals surface area contributed by atoms with Crippen LogP contribution in [-0.2, 0) is 23.5 Å². The summed E-state index contributed by atoms with van der Waals surface area (Å²) in [5.41, 5.74) is 2.78. The first kappa shape index (κ1) is 20.9. The molecule has 0 spiro atoms. The topological polar surface area (TPSA) is 93.5 Å². The second kappa shape index (κ2) is 8.07. The third kappa shape index (κ3) is 4.13. The lowest BCUT2D eigenvalue weighted by molar-refractivity contribution is 0.0941. The summed E-state index contributed by atoms with van der Waals surface area (Å²) < 4.78 is 32.5. The number of aryl methyl sites for hydroxylation is 1. The Balaban J connectivity index is 1.65. The molecular weight excluding hydrogens is 416 g/mol. The van der Waals surface area contributed by atoms with E-state index >= 15 is 0 Å². The molecule has 0 aliphatic carbocycles. The number of nitrogens with zero attached hydrogens (tertiary/aromatic N) is 3. The Hall–Kier alpha value is -3.33. The molecule has 9 heteroatoms. The zero-order chi connectivity index (χ0) is 22.2. The van der Waals surface area contributed by atoms with Crippen LogP contribution in [0.2, 0.25) is 0 Å². The number of sulfonamides is 1. The molecule has 31 heavy (non-hydrogen) atoms. The zero-order valence-electron chi connectivity index (χ0n) is 17.6. The number of anilines is 1. The molecule has 1 aromatic heterocycles. The number of nitrogens with one attached hydrogen (secondary N) is 1. The minimum atomic E-state index is -3.34. The molecule has 1 aliphatic heterocycles.